The number of carbonyl (C=O) groups is 1. The highest BCUT2D eigenvalue weighted by Gasteiger charge is 2.49. The fraction of sp³-hybridized carbons (Fsp3) is 0.375. The maximum atomic E-state index is 10.7. The van der Waals surface area contributed by atoms with Gasteiger partial charge in [-0.3, -0.25) is 14.9 Å². The Morgan fingerprint density at radius 2 is 2.36 bits per heavy atom. The van der Waals surface area contributed by atoms with Gasteiger partial charge in [-0.1, -0.05) is 24.8 Å². The summed E-state index contributed by atoms with van der Waals surface area (Å²) in [6, 6.07) is 0. The number of carboxylic acids is 1. The second-order valence-electron chi connectivity index (χ2n) is 3.10. The van der Waals surface area contributed by atoms with E-state index in [1.165, 1.54) is 18.2 Å². The minimum atomic E-state index is -1.84. The molecule has 0 radical (unpaired) electrons. The van der Waals surface area contributed by atoms with Crippen LogP contribution in [0, 0.1) is 16.0 Å². The number of thiol groups is 1. The first-order chi connectivity index (χ1) is 6.38. The van der Waals surface area contributed by atoms with Gasteiger partial charge in [0.2, 0.25) is 0 Å². The summed E-state index contributed by atoms with van der Waals surface area (Å²) in [5.74, 6) is -2.48. The third-order valence-electron chi connectivity index (χ3n) is 2.01. The first-order valence-corrected chi connectivity index (χ1v) is 4.30. The maximum Gasteiger partial charge on any atom is 0.319 e. The average Bonchev–Trinajstić information content (AvgIpc) is 2.02. The third-order valence-corrected chi connectivity index (χ3v) is 2.58. The van der Waals surface area contributed by atoms with Crippen LogP contribution >= 0.6 is 12.6 Å². The molecule has 0 amide bonds. The van der Waals surface area contributed by atoms with Gasteiger partial charge in [0, 0.05) is 11.0 Å². The largest absolute Gasteiger partial charge is 0.481 e. The van der Waals surface area contributed by atoms with Crippen molar-refractivity contribution in [1.82, 2.24) is 0 Å². The SMILES string of the molecule is CC1=CC(S)([N+](=O)[O-])C(C(=O)O)C=C1. The van der Waals surface area contributed by atoms with Crippen molar-refractivity contribution in [2.45, 2.75) is 11.8 Å². The monoisotopic (exact) mass is 215 g/mol. The molecule has 0 fully saturated rings. The Balaban J connectivity index is 3.17. The molecule has 0 spiro atoms. The van der Waals surface area contributed by atoms with E-state index in [1.807, 2.05) is 0 Å². The topological polar surface area (TPSA) is 80.4 Å². The summed E-state index contributed by atoms with van der Waals surface area (Å²) in [6.07, 6.45) is 4.07. The van der Waals surface area contributed by atoms with E-state index in [4.69, 9.17) is 5.11 Å². The van der Waals surface area contributed by atoms with Crippen LogP contribution in [0.4, 0.5) is 0 Å². The van der Waals surface area contributed by atoms with Crippen LogP contribution in [0.2, 0.25) is 0 Å². The van der Waals surface area contributed by atoms with Crippen molar-refractivity contribution in [2.75, 3.05) is 0 Å². The quantitative estimate of drug-likeness (QED) is 0.313. The van der Waals surface area contributed by atoms with Gasteiger partial charge in [-0.05, 0) is 12.5 Å². The third kappa shape index (κ3) is 1.65. The zero-order valence-corrected chi connectivity index (χ0v) is 8.27. The maximum absolute atomic E-state index is 10.7. The zero-order valence-electron chi connectivity index (χ0n) is 7.38. The van der Waals surface area contributed by atoms with E-state index in [0.717, 1.165) is 0 Å². The number of nitrogens with zero attached hydrogens (tertiary/aromatic N) is 1. The Morgan fingerprint density at radius 1 is 1.79 bits per heavy atom. The molecular formula is C8H9NO4S. The van der Waals surface area contributed by atoms with Gasteiger partial charge in [-0.15, -0.1) is 0 Å². The number of hydrogen-bond acceptors (Lipinski definition) is 4. The molecule has 0 heterocycles. The second kappa shape index (κ2) is 3.45. The molecule has 0 aromatic rings. The van der Waals surface area contributed by atoms with E-state index in [-0.39, 0.29) is 0 Å². The van der Waals surface area contributed by atoms with Crippen LogP contribution in [0.3, 0.4) is 0 Å². The number of nitro groups is 1. The first kappa shape index (κ1) is 10.8. The van der Waals surface area contributed by atoms with Gasteiger partial charge in [0.1, 0.15) is 0 Å². The average molecular weight is 215 g/mol. The summed E-state index contributed by atoms with van der Waals surface area (Å²) in [4.78, 5) is 18.9. The first-order valence-electron chi connectivity index (χ1n) is 3.85. The Labute approximate surface area is 85.7 Å². The van der Waals surface area contributed by atoms with Crippen molar-refractivity contribution >= 4 is 18.6 Å². The lowest BCUT2D eigenvalue weighted by atomic mass is 9.92. The van der Waals surface area contributed by atoms with E-state index >= 15 is 0 Å². The summed E-state index contributed by atoms with van der Waals surface area (Å²) >= 11 is 3.83. The normalized spacial score (nSPS) is 31.0. The number of allylic oxidation sites excluding steroid dienone is 2. The highest BCUT2D eigenvalue weighted by atomic mass is 32.1. The van der Waals surface area contributed by atoms with Crippen molar-refractivity contribution < 1.29 is 14.8 Å². The molecule has 76 valence electrons. The molecule has 14 heavy (non-hydrogen) atoms. The second-order valence-corrected chi connectivity index (χ2v) is 3.82. The predicted molar refractivity (Wildman–Crippen MR) is 52.7 cm³/mol. The zero-order chi connectivity index (χ0) is 10.9. The fourth-order valence-corrected chi connectivity index (χ4v) is 1.69. The minimum absolute atomic E-state index is 0.634. The Bertz CT molecular complexity index is 349. The summed E-state index contributed by atoms with van der Waals surface area (Å²) < 4.78 is 0. The molecule has 0 bridgehead atoms. The fourth-order valence-electron chi connectivity index (χ4n) is 1.29. The molecule has 2 unspecified atom stereocenters. The van der Waals surface area contributed by atoms with E-state index in [0.29, 0.717) is 5.57 Å². The molecule has 0 saturated carbocycles. The van der Waals surface area contributed by atoms with Crippen molar-refractivity contribution in [3.05, 3.63) is 33.9 Å². The molecule has 6 heteroatoms. The van der Waals surface area contributed by atoms with Crippen molar-refractivity contribution in [1.29, 1.82) is 0 Å². The molecule has 0 aromatic carbocycles. The van der Waals surface area contributed by atoms with Crippen LogP contribution in [-0.4, -0.2) is 20.9 Å². The van der Waals surface area contributed by atoms with Crippen molar-refractivity contribution in [2.24, 2.45) is 5.92 Å². The van der Waals surface area contributed by atoms with Crippen LogP contribution in [0.5, 0.6) is 0 Å². The van der Waals surface area contributed by atoms with Gasteiger partial charge in [-0.2, -0.15) is 0 Å². The van der Waals surface area contributed by atoms with E-state index in [1.54, 1.807) is 6.92 Å². The lowest BCUT2D eigenvalue weighted by Crippen LogP contribution is -2.43. The number of carboxylic acid groups (broad SMARTS) is 1. The van der Waals surface area contributed by atoms with Crippen LogP contribution in [0.25, 0.3) is 0 Å². The summed E-state index contributed by atoms with van der Waals surface area (Å²) in [6.45, 7) is 1.66. The smallest absolute Gasteiger partial charge is 0.319 e. The van der Waals surface area contributed by atoms with Crippen LogP contribution < -0.4 is 0 Å². The van der Waals surface area contributed by atoms with E-state index in [9.17, 15) is 14.9 Å². The van der Waals surface area contributed by atoms with Gasteiger partial charge in [0.25, 0.3) is 4.87 Å². The van der Waals surface area contributed by atoms with E-state index < -0.39 is 21.7 Å². The van der Waals surface area contributed by atoms with Crippen LogP contribution in [-0.2, 0) is 4.79 Å². The summed E-state index contributed by atoms with van der Waals surface area (Å²) in [5, 5.41) is 19.5. The highest BCUT2D eigenvalue weighted by molar-refractivity contribution is 7.81. The van der Waals surface area contributed by atoms with Gasteiger partial charge in [-0.25, -0.2) is 0 Å². The van der Waals surface area contributed by atoms with Gasteiger partial charge < -0.3 is 5.11 Å². The number of rotatable bonds is 2. The Hall–Kier alpha value is -1.30. The van der Waals surface area contributed by atoms with Gasteiger partial charge >= 0.3 is 5.97 Å². The number of aliphatic carboxylic acids is 1. The molecule has 0 aromatic heterocycles. The molecule has 0 saturated heterocycles. The molecule has 1 rings (SSSR count). The van der Waals surface area contributed by atoms with E-state index in [2.05, 4.69) is 12.6 Å². The van der Waals surface area contributed by atoms with Crippen molar-refractivity contribution in [3.63, 3.8) is 0 Å². The summed E-state index contributed by atoms with van der Waals surface area (Å²) in [5.41, 5.74) is 0.634. The standard InChI is InChI=1S/C8H9NO4S/c1-5-2-3-6(7(10)11)8(14,4-5)9(12)13/h2-4,6,14H,1H3,(H,10,11). The minimum Gasteiger partial charge on any atom is -0.481 e. The molecule has 0 aliphatic heterocycles. The molecule has 1 aliphatic carbocycles. The van der Waals surface area contributed by atoms with Crippen LogP contribution in [0.15, 0.2) is 23.8 Å². The lowest BCUT2D eigenvalue weighted by molar-refractivity contribution is -0.529. The lowest BCUT2D eigenvalue weighted by Gasteiger charge is -2.24. The Kier molecular flexibility index (Phi) is 2.66. The molecule has 5 nitrogen and oxygen atoms in total. The Morgan fingerprint density at radius 3 is 2.79 bits per heavy atom. The predicted octanol–water partition coefficient (Wildman–Crippen LogP) is 1.11. The van der Waals surface area contributed by atoms with Crippen LogP contribution in [0.1, 0.15) is 6.92 Å². The molecular weight excluding hydrogens is 206 g/mol. The van der Waals surface area contributed by atoms with Gasteiger partial charge in [0.05, 0.1) is 0 Å². The molecule has 1 aliphatic rings. The molecule has 2 atom stereocenters. The number of hydrogen-bond donors (Lipinski definition) is 2. The van der Waals surface area contributed by atoms with Gasteiger partial charge in [0.15, 0.2) is 5.92 Å². The van der Waals surface area contributed by atoms with Crippen molar-refractivity contribution in [3.8, 4) is 0 Å². The molecule has 1 N–H and O–H groups in total. The highest BCUT2D eigenvalue weighted by Crippen LogP contribution is 2.33. The summed E-state index contributed by atoms with van der Waals surface area (Å²) in [7, 11) is 0.